The molecule has 0 saturated heterocycles. The lowest BCUT2D eigenvalue weighted by molar-refractivity contribution is -0.143. The second-order valence-corrected chi connectivity index (χ2v) is 7.89. The molecule has 0 radical (unpaired) electrons. The van der Waals surface area contributed by atoms with E-state index in [1.807, 2.05) is 63.2 Å². The van der Waals surface area contributed by atoms with Crippen LogP contribution in [0.15, 0.2) is 48.5 Å². The van der Waals surface area contributed by atoms with Gasteiger partial charge in [-0.1, -0.05) is 55.8 Å². The van der Waals surface area contributed by atoms with Crippen LogP contribution in [0.4, 0.5) is 0 Å². The van der Waals surface area contributed by atoms with E-state index in [9.17, 15) is 9.59 Å². The van der Waals surface area contributed by atoms with Crippen molar-refractivity contribution in [3.63, 3.8) is 0 Å². The topological polar surface area (TPSA) is 58.6 Å². The van der Waals surface area contributed by atoms with Gasteiger partial charge in [-0.15, -0.1) is 0 Å². The van der Waals surface area contributed by atoms with Crippen molar-refractivity contribution in [2.24, 2.45) is 0 Å². The lowest BCUT2D eigenvalue weighted by Crippen LogP contribution is -2.51. The van der Waals surface area contributed by atoms with Crippen molar-refractivity contribution < 1.29 is 14.3 Å². The molecule has 1 atom stereocenters. The van der Waals surface area contributed by atoms with Crippen molar-refractivity contribution in [1.29, 1.82) is 0 Å². The molecular formula is C24H31ClN2O3. The monoisotopic (exact) mass is 430 g/mol. The molecular weight excluding hydrogens is 400 g/mol. The molecule has 2 amide bonds. The third-order valence-electron chi connectivity index (χ3n) is 4.81. The van der Waals surface area contributed by atoms with Crippen molar-refractivity contribution >= 4 is 23.4 Å². The molecule has 0 heterocycles. The van der Waals surface area contributed by atoms with Crippen molar-refractivity contribution in [3.05, 3.63) is 64.7 Å². The Balaban J connectivity index is 2.20. The summed E-state index contributed by atoms with van der Waals surface area (Å²) in [5, 5.41) is 3.47. The molecule has 30 heavy (non-hydrogen) atoms. The van der Waals surface area contributed by atoms with E-state index in [2.05, 4.69) is 12.2 Å². The largest absolute Gasteiger partial charge is 0.484 e. The fraction of sp³-hybridized carbons (Fsp3) is 0.417. The Bertz CT molecular complexity index is 837. The highest BCUT2D eigenvalue weighted by atomic mass is 35.5. The molecule has 0 saturated carbocycles. The first-order valence-electron chi connectivity index (χ1n) is 10.4. The number of nitrogens with zero attached hydrogens (tertiary/aromatic N) is 1. The Morgan fingerprint density at radius 1 is 1.07 bits per heavy atom. The first-order valence-corrected chi connectivity index (χ1v) is 10.8. The maximum Gasteiger partial charge on any atom is 0.261 e. The summed E-state index contributed by atoms with van der Waals surface area (Å²) >= 11 is 6.32. The van der Waals surface area contributed by atoms with Gasteiger partial charge in [-0.05, 0) is 56.0 Å². The minimum absolute atomic E-state index is 0.0165. The van der Waals surface area contributed by atoms with Gasteiger partial charge >= 0.3 is 0 Å². The number of amides is 2. The molecule has 1 N–H and O–H groups in total. The number of rotatable bonds is 10. The third kappa shape index (κ3) is 6.77. The van der Waals surface area contributed by atoms with Crippen molar-refractivity contribution in [2.75, 3.05) is 6.61 Å². The van der Waals surface area contributed by atoms with Crippen LogP contribution in [-0.4, -0.2) is 35.4 Å². The molecule has 6 heteroatoms. The fourth-order valence-corrected chi connectivity index (χ4v) is 3.36. The van der Waals surface area contributed by atoms with Crippen LogP contribution >= 0.6 is 11.6 Å². The predicted octanol–water partition coefficient (Wildman–Crippen LogP) is 4.61. The molecule has 2 aromatic carbocycles. The average Bonchev–Trinajstić information content (AvgIpc) is 2.73. The predicted molar refractivity (Wildman–Crippen MR) is 121 cm³/mol. The van der Waals surface area contributed by atoms with E-state index in [-0.39, 0.29) is 31.0 Å². The summed E-state index contributed by atoms with van der Waals surface area (Å²) in [6, 6.07) is 14.4. The van der Waals surface area contributed by atoms with Gasteiger partial charge < -0.3 is 15.0 Å². The second-order valence-electron chi connectivity index (χ2n) is 7.49. The average molecular weight is 431 g/mol. The molecule has 2 aromatic rings. The van der Waals surface area contributed by atoms with Crippen LogP contribution in [0, 0.1) is 0 Å². The molecule has 0 spiro atoms. The van der Waals surface area contributed by atoms with Crippen LogP contribution in [0.25, 0.3) is 0 Å². The summed E-state index contributed by atoms with van der Waals surface area (Å²) < 4.78 is 5.72. The maximum atomic E-state index is 13.1. The van der Waals surface area contributed by atoms with Crippen LogP contribution in [-0.2, 0) is 22.6 Å². The number of aryl methyl sites for hydroxylation is 1. The summed E-state index contributed by atoms with van der Waals surface area (Å²) in [7, 11) is 0. The number of ether oxygens (including phenoxy) is 1. The maximum absolute atomic E-state index is 13.1. The zero-order chi connectivity index (χ0) is 22.1. The molecule has 5 nitrogen and oxygen atoms in total. The van der Waals surface area contributed by atoms with E-state index in [1.54, 1.807) is 11.0 Å². The summed E-state index contributed by atoms with van der Waals surface area (Å²) in [6.07, 6.45) is 1.42. The number of nitrogens with one attached hydrogen (secondary N) is 1. The van der Waals surface area contributed by atoms with Gasteiger partial charge in [0.15, 0.2) is 6.61 Å². The van der Waals surface area contributed by atoms with E-state index in [1.165, 1.54) is 5.56 Å². The Kier molecular flexibility index (Phi) is 9.18. The van der Waals surface area contributed by atoms with Crippen molar-refractivity contribution in [3.8, 4) is 5.75 Å². The van der Waals surface area contributed by atoms with Crippen LogP contribution in [0.2, 0.25) is 5.02 Å². The molecule has 162 valence electrons. The van der Waals surface area contributed by atoms with E-state index in [4.69, 9.17) is 16.3 Å². The van der Waals surface area contributed by atoms with Crippen LogP contribution < -0.4 is 10.1 Å². The Labute approximate surface area is 184 Å². The molecule has 0 aromatic heterocycles. The van der Waals surface area contributed by atoms with Crippen LogP contribution in [0.1, 0.15) is 45.2 Å². The van der Waals surface area contributed by atoms with Crippen molar-refractivity contribution in [1.82, 2.24) is 10.2 Å². The lowest BCUT2D eigenvalue weighted by atomic mass is 10.1. The number of benzene rings is 2. The van der Waals surface area contributed by atoms with Gasteiger partial charge in [0.2, 0.25) is 5.91 Å². The smallest absolute Gasteiger partial charge is 0.261 e. The lowest BCUT2D eigenvalue weighted by Gasteiger charge is -2.31. The van der Waals surface area contributed by atoms with Crippen LogP contribution in [0.3, 0.4) is 0 Å². The number of hydrogen-bond donors (Lipinski definition) is 1. The Morgan fingerprint density at radius 2 is 1.73 bits per heavy atom. The van der Waals surface area contributed by atoms with E-state index in [0.717, 1.165) is 12.0 Å². The highest BCUT2D eigenvalue weighted by Crippen LogP contribution is 2.20. The molecule has 0 aliphatic carbocycles. The molecule has 0 bridgehead atoms. The quantitative estimate of drug-likeness (QED) is 0.598. The zero-order valence-corrected chi connectivity index (χ0v) is 18.9. The van der Waals surface area contributed by atoms with Crippen LogP contribution in [0.5, 0.6) is 5.75 Å². The molecule has 0 fully saturated rings. The van der Waals surface area contributed by atoms with Gasteiger partial charge in [-0.25, -0.2) is 0 Å². The molecule has 1 unspecified atom stereocenters. The third-order valence-corrected chi connectivity index (χ3v) is 5.18. The molecule has 0 aliphatic rings. The standard InChI is InChI=1S/C24H31ClN2O3/c1-5-18-11-13-20(14-12-18)30-16-23(28)27(15-19-9-7-8-10-21(19)25)22(6-2)24(29)26-17(3)4/h7-14,17,22H,5-6,15-16H2,1-4H3,(H,26,29). The van der Waals surface area contributed by atoms with Crippen molar-refractivity contribution in [2.45, 2.75) is 59.2 Å². The van der Waals surface area contributed by atoms with E-state index in [0.29, 0.717) is 17.2 Å². The summed E-state index contributed by atoms with van der Waals surface area (Å²) in [5.74, 6) is 0.179. The van der Waals surface area contributed by atoms with Gasteiger partial charge in [0.25, 0.3) is 5.91 Å². The first kappa shape index (κ1) is 23.7. The minimum atomic E-state index is -0.609. The highest BCUT2D eigenvalue weighted by molar-refractivity contribution is 6.31. The second kappa shape index (κ2) is 11.6. The number of carbonyl (C=O) groups excluding carboxylic acids is 2. The highest BCUT2D eigenvalue weighted by Gasteiger charge is 2.29. The first-order chi connectivity index (χ1) is 14.3. The minimum Gasteiger partial charge on any atom is -0.484 e. The van der Waals surface area contributed by atoms with Gasteiger partial charge in [0, 0.05) is 17.6 Å². The van der Waals surface area contributed by atoms with E-state index < -0.39 is 6.04 Å². The number of halogens is 1. The summed E-state index contributed by atoms with van der Waals surface area (Å²) in [6.45, 7) is 7.85. The number of carbonyl (C=O) groups is 2. The number of hydrogen-bond acceptors (Lipinski definition) is 3. The SMILES string of the molecule is CCc1ccc(OCC(=O)N(Cc2ccccc2Cl)C(CC)C(=O)NC(C)C)cc1. The molecule has 2 rings (SSSR count). The van der Waals surface area contributed by atoms with E-state index >= 15 is 0 Å². The zero-order valence-electron chi connectivity index (χ0n) is 18.2. The van der Waals surface area contributed by atoms with Gasteiger partial charge in [-0.3, -0.25) is 9.59 Å². The fourth-order valence-electron chi connectivity index (χ4n) is 3.16. The summed E-state index contributed by atoms with van der Waals surface area (Å²) in [5.41, 5.74) is 1.99. The van der Waals surface area contributed by atoms with Gasteiger partial charge in [0.05, 0.1) is 0 Å². The normalized spacial score (nSPS) is 11.8. The van der Waals surface area contributed by atoms with Gasteiger partial charge in [-0.2, -0.15) is 0 Å². The molecule has 0 aliphatic heterocycles. The summed E-state index contributed by atoms with van der Waals surface area (Å²) in [4.78, 5) is 27.5. The Morgan fingerprint density at radius 3 is 2.30 bits per heavy atom. The van der Waals surface area contributed by atoms with Gasteiger partial charge in [0.1, 0.15) is 11.8 Å². The Hall–Kier alpha value is -2.53.